The van der Waals surface area contributed by atoms with E-state index in [1.54, 1.807) is 12.3 Å². The molecule has 6 heteroatoms. The molecule has 1 N–H and O–H groups in total. The van der Waals surface area contributed by atoms with Gasteiger partial charge in [0.1, 0.15) is 0 Å². The summed E-state index contributed by atoms with van der Waals surface area (Å²) >= 11 is 0. The van der Waals surface area contributed by atoms with Crippen LogP contribution in [0.25, 0.3) is 0 Å². The molecule has 0 bridgehead atoms. The highest BCUT2D eigenvalue weighted by atomic mass is 16.7. The van der Waals surface area contributed by atoms with Crippen molar-refractivity contribution in [2.45, 2.75) is 44.8 Å². The summed E-state index contributed by atoms with van der Waals surface area (Å²) in [5.74, 6) is 0.133. The molecule has 3 heterocycles. The fourth-order valence-corrected chi connectivity index (χ4v) is 2.49. The van der Waals surface area contributed by atoms with E-state index in [4.69, 9.17) is 14.0 Å². The molecule has 1 aromatic rings. The second kappa shape index (κ2) is 4.45. The number of nitrogens with one attached hydrogen (secondary N) is 1. The van der Waals surface area contributed by atoms with Gasteiger partial charge in [-0.05, 0) is 27.7 Å². The average Bonchev–Trinajstić information content (AvgIpc) is 2.48. The van der Waals surface area contributed by atoms with E-state index in [1.165, 1.54) is 0 Å². The fraction of sp³-hybridized carbons (Fsp3) is 0.643. The van der Waals surface area contributed by atoms with Gasteiger partial charge in [0.25, 0.3) is 0 Å². The van der Waals surface area contributed by atoms with Crippen molar-refractivity contribution < 1.29 is 14.0 Å². The van der Waals surface area contributed by atoms with Crippen LogP contribution in [0.2, 0.25) is 0 Å². The van der Waals surface area contributed by atoms with E-state index in [0.29, 0.717) is 13.2 Å². The van der Waals surface area contributed by atoms with Gasteiger partial charge in [0.2, 0.25) is 0 Å². The molecule has 0 aromatic carbocycles. The molecular formula is C14H20BNO4. The highest BCUT2D eigenvalue weighted by molar-refractivity contribution is 6.61. The Labute approximate surface area is 118 Å². The normalized spacial score (nSPS) is 24.7. The van der Waals surface area contributed by atoms with Crippen molar-refractivity contribution in [3.8, 4) is 0 Å². The van der Waals surface area contributed by atoms with Gasteiger partial charge < -0.3 is 19.0 Å². The summed E-state index contributed by atoms with van der Waals surface area (Å²) in [6.07, 6.45) is 1.64. The minimum atomic E-state index is -0.538. The SMILES string of the molecule is CC1(C)OB(c2[nH]ccc(=O)c2C2COC2)OC1(C)C. The molecule has 2 saturated heterocycles. The van der Waals surface area contributed by atoms with Crippen molar-refractivity contribution >= 4 is 12.7 Å². The molecule has 0 unspecified atom stereocenters. The molecule has 0 saturated carbocycles. The maximum atomic E-state index is 12.2. The van der Waals surface area contributed by atoms with Gasteiger partial charge in [-0.15, -0.1) is 0 Å². The van der Waals surface area contributed by atoms with Gasteiger partial charge in [0.05, 0.1) is 30.0 Å². The fourth-order valence-electron chi connectivity index (χ4n) is 2.49. The predicted molar refractivity (Wildman–Crippen MR) is 76.3 cm³/mol. The monoisotopic (exact) mass is 277 g/mol. The number of aromatic nitrogens is 1. The molecule has 2 aliphatic heterocycles. The minimum absolute atomic E-state index is 0.0155. The van der Waals surface area contributed by atoms with Crippen molar-refractivity contribution in [3.05, 3.63) is 28.0 Å². The Kier molecular flexibility index (Phi) is 3.08. The number of aromatic amines is 1. The maximum Gasteiger partial charge on any atom is 0.512 e. The van der Waals surface area contributed by atoms with Crippen molar-refractivity contribution in [2.24, 2.45) is 0 Å². The van der Waals surface area contributed by atoms with Gasteiger partial charge in [-0.1, -0.05) is 0 Å². The van der Waals surface area contributed by atoms with Crippen molar-refractivity contribution in [2.75, 3.05) is 13.2 Å². The molecule has 108 valence electrons. The molecule has 1 aromatic heterocycles. The molecule has 0 aliphatic carbocycles. The summed E-state index contributed by atoms with van der Waals surface area (Å²) in [7, 11) is -0.538. The Morgan fingerprint density at radius 1 is 1.20 bits per heavy atom. The topological polar surface area (TPSA) is 60.6 Å². The highest BCUT2D eigenvalue weighted by Crippen LogP contribution is 2.36. The first-order valence-corrected chi connectivity index (χ1v) is 6.97. The Hall–Kier alpha value is -1.11. The lowest BCUT2D eigenvalue weighted by molar-refractivity contribution is 0.00578. The molecule has 5 nitrogen and oxygen atoms in total. The number of ether oxygens (including phenoxy) is 1. The third kappa shape index (κ3) is 2.03. The van der Waals surface area contributed by atoms with Gasteiger partial charge in [0.15, 0.2) is 5.43 Å². The third-order valence-corrected chi connectivity index (χ3v) is 4.56. The van der Waals surface area contributed by atoms with E-state index < -0.39 is 18.3 Å². The lowest BCUT2D eigenvalue weighted by Gasteiger charge is -2.32. The van der Waals surface area contributed by atoms with Crippen LogP contribution in [-0.4, -0.2) is 36.5 Å². The summed E-state index contributed by atoms with van der Waals surface area (Å²) in [6.45, 7) is 9.17. The summed E-state index contributed by atoms with van der Waals surface area (Å²) in [4.78, 5) is 15.3. The van der Waals surface area contributed by atoms with Crippen LogP contribution < -0.4 is 11.0 Å². The quantitative estimate of drug-likeness (QED) is 0.812. The van der Waals surface area contributed by atoms with Crippen LogP contribution >= 0.6 is 0 Å². The van der Waals surface area contributed by atoms with E-state index in [1.807, 2.05) is 27.7 Å². The Morgan fingerprint density at radius 3 is 2.30 bits per heavy atom. The second-order valence-electron chi connectivity index (χ2n) is 6.49. The molecule has 0 spiro atoms. The van der Waals surface area contributed by atoms with Gasteiger partial charge in [-0.2, -0.15) is 0 Å². The van der Waals surface area contributed by atoms with Crippen molar-refractivity contribution in [1.29, 1.82) is 0 Å². The second-order valence-corrected chi connectivity index (χ2v) is 6.49. The molecule has 3 rings (SSSR count). The lowest BCUT2D eigenvalue weighted by Crippen LogP contribution is -2.46. The minimum Gasteiger partial charge on any atom is -0.398 e. The lowest BCUT2D eigenvalue weighted by atomic mass is 9.77. The molecule has 2 aliphatic rings. The first-order chi connectivity index (χ1) is 9.32. The first-order valence-electron chi connectivity index (χ1n) is 6.97. The Morgan fingerprint density at radius 2 is 1.80 bits per heavy atom. The van der Waals surface area contributed by atoms with Gasteiger partial charge in [-0.3, -0.25) is 4.79 Å². The Balaban J connectivity index is 2.00. The van der Waals surface area contributed by atoms with Crippen LogP contribution in [0.5, 0.6) is 0 Å². The van der Waals surface area contributed by atoms with Crippen LogP contribution in [0.1, 0.15) is 39.2 Å². The van der Waals surface area contributed by atoms with Crippen LogP contribution in [0, 0.1) is 0 Å². The molecule has 0 amide bonds. The van der Waals surface area contributed by atoms with Crippen LogP contribution in [0.15, 0.2) is 17.1 Å². The van der Waals surface area contributed by atoms with Crippen molar-refractivity contribution in [1.82, 2.24) is 4.98 Å². The van der Waals surface area contributed by atoms with Crippen LogP contribution in [0.3, 0.4) is 0 Å². The Bertz CT molecular complexity index is 561. The predicted octanol–water partition coefficient (Wildman–Crippen LogP) is 0.788. The first kappa shape index (κ1) is 13.9. The molecule has 0 radical (unpaired) electrons. The van der Waals surface area contributed by atoms with Gasteiger partial charge in [-0.25, -0.2) is 0 Å². The largest absolute Gasteiger partial charge is 0.512 e. The zero-order chi connectivity index (χ0) is 14.5. The smallest absolute Gasteiger partial charge is 0.398 e. The van der Waals surface area contributed by atoms with E-state index in [0.717, 1.165) is 11.2 Å². The van der Waals surface area contributed by atoms with E-state index >= 15 is 0 Å². The molecule has 20 heavy (non-hydrogen) atoms. The zero-order valence-electron chi connectivity index (χ0n) is 12.4. The number of H-pyrrole nitrogens is 1. The number of pyridine rings is 1. The zero-order valence-corrected chi connectivity index (χ0v) is 12.4. The number of rotatable bonds is 2. The van der Waals surface area contributed by atoms with Gasteiger partial charge >= 0.3 is 7.12 Å². The number of hydrogen-bond acceptors (Lipinski definition) is 4. The summed E-state index contributed by atoms with van der Waals surface area (Å²) in [5, 5.41) is 0. The van der Waals surface area contributed by atoms with Crippen LogP contribution in [-0.2, 0) is 14.0 Å². The van der Waals surface area contributed by atoms with E-state index in [-0.39, 0.29) is 11.3 Å². The standard InChI is InChI=1S/C14H20BNO4/c1-13(2)14(3,4)20-15(19-13)12-11(9-7-18-8-9)10(17)5-6-16-12/h5-6,9H,7-8H2,1-4H3,(H,16,17). The molecular weight excluding hydrogens is 257 g/mol. The summed E-state index contributed by atoms with van der Waals surface area (Å²) < 4.78 is 17.3. The van der Waals surface area contributed by atoms with Crippen LogP contribution in [0.4, 0.5) is 0 Å². The van der Waals surface area contributed by atoms with E-state index in [2.05, 4.69) is 4.98 Å². The summed E-state index contributed by atoms with van der Waals surface area (Å²) in [5.41, 5.74) is 0.638. The number of hydrogen-bond donors (Lipinski definition) is 1. The highest BCUT2D eigenvalue weighted by Gasteiger charge is 2.53. The molecule has 0 atom stereocenters. The molecule has 2 fully saturated rings. The van der Waals surface area contributed by atoms with Crippen molar-refractivity contribution in [3.63, 3.8) is 0 Å². The van der Waals surface area contributed by atoms with Gasteiger partial charge in [0, 0.05) is 23.7 Å². The maximum absolute atomic E-state index is 12.2. The summed E-state index contributed by atoms with van der Waals surface area (Å²) in [6, 6.07) is 1.54. The third-order valence-electron chi connectivity index (χ3n) is 4.56. The average molecular weight is 277 g/mol. The van der Waals surface area contributed by atoms with E-state index in [9.17, 15) is 4.79 Å².